The monoisotopic (exact) mass is 273 g/mol. The maximum absolute atomic E-state index is 13.6. The predicted octanol–water partition coefficient (Wildman–Crippen LogP) is 1.50. The van der Waals surface area contributed by atoms with E-state index in [1.807, 2.05) is 0 Å². The highest BCUT2D eigenvalue weighted by atomic mass is 32.2. The van der Waals surface area contributed by atoms with E-state index < -0.39 is 20.9 Å². The fourth-order valence-corrected chi connectivity index (χ4v) is 3.86. The number of ether oxygens (including phenoxy) is 1. The molecule has 0 amide bonds. The number of rotatable bonds is 3. The van der Waals surface area contributed by atoms with Crippen LogP contribution in [0.3, 0.4) is 0 Å². The molecule has 0 radical (unpaired) electrons. The Kier molecular flexibility index (Phi) is 3.87. The molecule has 100 valence electrons. The first-order chi connectivity index (χ1) is 8.49. The van der Waals surface area contributed by atoms with Gasteiger partial charge in [0.05, 0.1) is 11.0 Å². The number of nitrogens with two attached hydrogens (primary N) is 1. The fourth-order valence-electron chi connectivity index (χ4n) is 2.05. The summed E-state index contributed by atoms with van der Waals surface area (Å²) < 4.78 is 43.0. The van der Waals surface area contributed by atoms with Crippen LogP contribution in [-0.2, 0) is 20.3 Å². The van der Waals surface area contributed by atoms with Gasteiger partial charge >= 0.3 is 0 Å². The van der Waals surface area contributed by atoms with E-state index in [9.17, 15) is 12.8 Å². The van der Waals surface area contributed by atoms with Crippen molar-refractivity contribution in [2.24, 2.45) is 0 Å². The molecule has 0 aliphatic carbocycles. The molecule has 2 N–H and O–H groups in total. The van der Waals surface area contributed by atoms with E-state index in [2.05, 4.69) is 0 Å². The van der Waals surface area contributed by atoms with E-state index in [1.54, 1.807) is 0 Å². The molecule has 2 rings (SSSR count). The molecule has 0 atom stereocenters. The molecular weight excluding hydrogens is 257 g/mol. The molecule has 6 heteroatoms. The lowest BCUT2D eigenvalue weighted by Crippen LogP contribution is -2.30. The topological polar surface area (TPSA) is 69.4 Å². The van der Waals surface area contributed by atoms with Gasteiger partial charge in [0.15, 0.2) is 9.84 Å². The molecule has 1 aliphatic rings. The van der Waals surface area contributed by atoms with Gasteiger partial charge in [0.2, 0.25) is 0 Å². The highest BCUT2D eigenvalue weighted by molar-refractivity contribution is 7.91. The average molecular weight is 273 g/mol. The summed E-state index contributed by atoms with van der Waals surface area (Å²) >= 11 is 0. The first kappa shape index (κ1) is 13.3. The van der Waals surface area contributed by atoms with Crippen LogP contribution in [0.25, 0.3) is 0 Å². The van der Waals surface area contributed by atoms with Crippen LogP contribution in [0.4, 0.5) is 10.1 Å². The van der Waals surface area contributed by atoms with Gasteiger partial charge in [0, 0.05) is 24.5 Å². The molecule has 1 aliphatic heterocycles. The largest absolute Gasteiger partial charge is 0.399 e. The highest BCUT2D eigenvalue weighted by Crippen LogP contribution is 2.22. The van der Waals surface area contributed by atoms with Gasteiger partial charge in [-0.05, 0) is 25.0 Å². The van der Waals surface area contributed by atoms with Crippen molar-refractivity contribution >= 4 is 15.5 Å². The second-order valence-electron chi connectivity index (χ2n) is 4.47. The smallest absolute Gasteiger partial charge is 0.157 e. The standard InChI is InChI=1S/C12H16FNO3S/c13-12-7-10(14)2-1-9(12)8-18(15,16)11-3-5-17-6-4-11/h1-2,7,11H,3-6,8,14H2. The van der Waals surface area contributed by atoms with Crippen LogP contribution in [0.15, 0.2) is 18.2 Å². The molecule has 4 nitrogen and oxygen atoms in total. The number of benzene rings is 1. The maximum atomic E-state index is 13.6. The van der Waals surface area contributed by atoms with E-state index in [0.717, 1.165) is 6.07 Å². The van der Waals surface area contributed by atoms with Crippen LogP contribution in [0.2, 0.25) is 0 Å². The van der Waals surface area contributed by atoms with E-state index in [0.29, 0.717) is 31.7 Å². The molecule has 0 bridgehead atoms. The molecule has 1 aromatic rings. The molecule has 18 heavy (non-hydrogen) atoms. The highest BCUT2D eigenvalue weighted by Gasteiger charge is 2.28. The molecule has 1 saturated heterocycles. The molecule has 0 spiro atoms. The Morgan fingerprint density at radius 1 is 1.33 bits per heavy atom. The van der Waals surface area contributed by atoms with E-state index in [-0.39, 0.29) is 11.3 Å². The summed E-state index contributed by atoms with van der Waals surface area (Å²) in [5.41, 5.74) is 5.90. The van der Waals surface area contributed by atoms with Crippen molar-refractivity contribution in [2.45, 2.75) is 23.8 Å². The Morgan fingerprint density at radius 3 is 2.61 bits per heavy atom. The quantitative estimate of drug-likeness (QED) is 0.847. The Labute approximate surface area is 106 Å². The minimum absolute atomic E-state index is 0.177. The first-order valence-corrected chi connectivity index (χ1v) is 7.54. The lowest BCUT2D eigenvalue weighted by Gasteiger charge is -2.22. The molecule has 0 unspecified atom stereocenters. The van der Waals surface area contributed by atoms with Crippen LogP contribution < -0.4 is 5.73 Å². The van der Waals surface area contributed by atoms with E-state index >= 15 is 0 Å². The lowest BCUT2D eigenvalue weighted by atomic mass is 10.2. The molecule has 1 heterocycles. The maximum Gasteiger partial charge on any atom is 0.157 e. The van der Waals surface area contributed by atoms with Crippen molar-refractivity contribution in [3.05, 3.63) is 29.6 Å². The minimum atomic E-state index is -3.33. The summed E-state index contributed by atoms with van der Waals surface area (Å²) in [4.78, 5) is 0. The molecule has 1 aromatic carbocycles. The molecular formula is C12H16FNO3S. The third-order valence-corrected chi connectivity index (χ3v) is 5.31. The average Bonchev–Trinajstić information content (AvgIpc) is 2.34. The Morgan fingerprint density at radius 2 is 2.00 bits per heavy atom. The van der Waals surface area contributed by atoms with Gasteiger partial charge in [-0.3, -0.25) is 0 Å². The van der Waals surface area contributed by atoms with Crippen molar-refractivity contribution in [1.82, 2.24) is 0 Å². The Balaban J connectivity index is 2.16. The summed E-state index contributed by atoms with van der Waals surface area (Å²) in [7, 11) is -3.33. The van der Waals surface area contributed by atoms with Gasteiger partial charge in [-0.1, -0.05) is 6.07 Å². The third-order valence-electron chi connectivity index (χ3n) is 3.11. The van der Waals surface area contributed by atoms with Crippen LogP contribution in [-0.4, -0.2) is 26.9 Å². The minimum Gasteiger partial charge on any atom is -0.399 e. The van der Waals surface area contributed by atoms with E-state index in [4.69, 9.17) is 10.5 Å². The number of hydrogen-bond donors (Lipinski definition) is 1. The number of nitrogen functional groups attached to an aromatic ring is 1. The zero-order chi connectivity index (χ0) is 13.2. The van der Waals surface area contributed by atoms with Gasteiger partial charge in [0.25, 0.3) is 0 Å². The van der Waals surface area contributed by atoms with Crippen molar-refractivity contribution in [2.75, 3.05) is 18.9 Å². The summed E-state index contributed by atoms with van der Waals surface area (Å²) in [6.07, 6.45) is 0.970. The Hall–Kier alpha value is -1.14. The number of sulfone groups is 1. The number of hydrogen-bond acceptors (Lipinski definition) is 4. The van der Waals surface area contributed by atoms with E-state index in [1.165, 1.54) is 12.1 Å². The van der Waals surface area contributed by atoms with Crippen LogP contribution in [0.1, 0.15) is 18.4 Å². The number of anilines is 1. The normalized spacial score (nSPS) is 17.8. The molecule has 1 fully saturated rings. The van der Waals surface area contributed by atoms with Gasteiger partial charge in [-0.25, -0.2) is 12.8 Å². The van der Waals surface area contributed by atoms with Crippen molar-refractivity contribution in [1.29, 1.82) is 0 Å². The van der Waals surface area contributed by atoms with Gasteiger partial charge < -0.3 is 10.5 Å². The number of halogens is 1. The molecule has 0 saturated carbocycles. The first-order valence-electron chi connectivity index (χ1n) is 5.82. The summed E-state index contributed by atoms with van der Waals surface area (Å²) in [6, 6.07) is 4.09. The van der Waals surface area contributed by atoms with Crippen molar-refractivity contribution < 1.29 is 17.5 Å². The van der Waals surface area contributed by atoms with Gasteiger partial charge in [-0.2, -0.15) is 0 Å². The molecule has 0 aromatic heterocycles. The summed E-state index contributed by atoms with van der Waals surface area (Å²) in [6.45, 7) is 0.905. The van der Waals surface area contributed by atoms with Gasteiger partial charge in [0.1, 0.15) is 5.82 Å². The predicted molar refractivity (Wildman–Crippen MR) is 67.3 cm³/mol. The SMILES string of the molecule is Nc1ccc(CS(=O)(=O)C2CCOCC2)c(F)c1. The van der Waals surface area contributed by atoms with Gasteiger partial charge in [-0.15, -0.1) is 0 Å². The van der Waals surface area contributed by atoms with Crippen LogP contribution in [0, 0.1) is 5.82 Å². The second-order valence-corrected chi connectivity index (χ2v) is 6.75. The van der Waals surface area contributed by atoms with Crippen molar-refractivity contribution in [3.8, 4) is 0 Å². The van der Waals surface area contributed by atoms with Crippen LogP contribution >= 0.6 is 0 Å². The lowest BCUT2D eigenvalue weighted by molar-refractivity contribution is 0.0983. The van der Waals surface area contributed by atoms with Crippen molar-refractivity contribution in [3.63, 3.8) is 0 Å². The Bertz CT molecular complexity index is 524. The fraction of sp³-hybridized carbons (Fsp3) is 0.500. The third kappa shape index (κ3) is 3.00. The zero-order valence-electron chi connectivity index (χ0n) is 9.93. The summed E-state index contributed by atoms with van der Waals surface area (Å²) in [5.74, 6) is -0.838. The zero-order valence-corrected chi connectivity index (χ0v) is 10.7. The summed E-state index contributed by atoms with van der Waals surface area (Å²) in [5, 5.41) is -0.428. The van der Waals surface area contributed by atoms with Crippen LogP contribution in [0.5, 0.6) is 0 Å². The second kappa shape index (κ2) is 5.24.